The van der Waals surface area contributed by atoms with E-state index in [1.807, 2.05) is 30.3 Å². The van der Waals surface area contributed by atoms with Crippen molar-refractivity contribution in [2.75, 3.05) is 25.1 Å². The summed E-state index contributed by atoms with van der Waals surface area (Å²) in [7, 11) is 0. The Kier molecular flexibility index (Phi) is 4.68. The smallest absolute Gasteiger partial charge is 0.129 e. The first-order chi connectivity index (χ1) is 10.3. The molecular weight excluding hydrogens is 286 g/mol. The predicted molar refractivity (Wildman–Crippen MR) is 83.9 cm³/mol. The lowest BCUT2D eigenvalue weighted by Gasteiger charge is -2.10. The molecule has 2 aromatic rings. The quantitative estimate of drug-likeness (QED) is 0.921. The zero-order chi connectivity index (χ0) is 14.5. The highest BCUT2D eigenvalue weighted by Gasteiger charge is 2.19. The molecule has 0 spiro atoms. The van der Waals surface area contributed by atoms with E-state index in [2.05, 4.69) is 15.3 Å². The number of ether oxygens (including phenoxy) is 1. The van der Waals surface area contributed by atoms with Crippen LogP contribution >= 0.6 is 11.6 Å². The molecular formula is C16H18ClN3O. The fourth-order valence-corrected chi connectivity index (χ4v) is 2.72. The highest BCUT2D eigenvalue weighted by atomic mass is 35.5. The van der Waals surface area contributed by atoms with Crippen molar-refractivity contribution in [3.8, 4) is 0 Å². The Morgan fingerprint density at radius 1 is 1.29 bits per heavy atom. The third kappa shape index (κ3) is 3.71. The number of aromatic nitrogens is 2. The molecule has 2 heterocycles. The molecule has 1 aromatic carbocycles. The molecule has 1 saturated heterocycles. The summed E-state index contributed by atoms with van der Waals surface area (Å²) in [6.45, 7) is 2.38. The van der Waals surface area contributed by atoms with Gasteiger partial charge in [-0.05, 0) is 24.5 Å². The van der Waals surface area contributed by atoms with Crippen LogP contribution in [-0.2, 0) is 11.2 Å². The number of benzene rings is 1. The molecule has 1 aliphatic heterocycles. The van der Waals surface area contributed by atoms with Gasteiger partial charge in [-0.3, -0.25) is 0 Å². The maximum atomic E-state index is 6.15. The third-order valence-corrected chi connectivity index (χ3v) is 4.06. The molecule has 1 unspecified atom stereocenters. The molecule has 110 valence electrons. The second kappa shape index (κ2) is 6.87. The Labute approximate surface area is 129 Å². The first kappa shape index (κ1) is 14.3. The fourth-order valence-electron chi connectivity index (χ4n) is 2.49. The number of anilines is 1. The standard InChI is InChI=1S/C16H18ClN3O/c17-14-4-2-1-3-12(14)5-7-18-16-9-15(19-11-20-16)13-6-8-21-10-13/h1-4,9,11,13H,5-8,10H2,(H,18,19,20). The zero-order valence-electron chi connectivity index (χ0n) is 11.8. The van der Waals surface area contributed by atoms with Crippen molar-refractivity contribution in [3.05, 3.63) is 52.9 Å². The van der Waals surface area contributed by atoms with Gasteiger partial charge in [-0.2, -0.15) is 0 Å². The third-order valence-electron chi connectivity index (χ3n) is 3.69. The SMILES string of the molecule is Clc1ccccc1CCNc1cc(C2CCOC2)ncn1. The van der Waals surface area contributed by atoms with Gasteiger partial charge in [0.15, 0.2) is 0 Å². The Bertz CT molecular complexity index is 600. The topological polar surface area (TPSA) is 47.0 Å². The Morgan fingerprint density at radius 2 is 2.19 bits per heavy atom. The summed E-state index contributed by atoms with van der Waals surface area (Å²) in [6.07, 6.45) is 3.52. The highest BCUT2D eigenvalue weighted by molar-refractivity contribution is 6.31. The number of nitrogens with zero attached hydrogens (tertiary/aromatic N) is 2. The van der Waals surface area contributed by atoms with Gasteiger partial charge in [0.05, 0.1) is 12.3 Å². The number of halogens is 1. The second-order valence-electron chi connectivity index (χ2n) is 5.16. The highest BCUT2D eigenvalue weighted by Crippen LogP contribution is 2.24. The van der Waals surface area contributed by atoms with E-state index in [4.69, 9.17) is 16.3 Å². The molecule has 4 nitrogen and oxygen atoms in total. The summed E-state index contributed by atoms with van der Waals surface area (Å²) < 4.78 is 5.41. The van der Waals surface area contributed by atoms with Gasteiger partial charge in [0.1, 0.15) is 12.1 Å². The van der Waals surface area contributed by atoms with Crippen molar-refractivity contribution in [2.24, 2.45) is 0 Å². The van der Waals surface area contributed by atoms with Crippen molar-refractivity contribution in [1.29, 1.82) is 0 Å². The monoisotopic (exact) mass is 303 g/mol. The molecule has 1 fully saturated rings. The molecule has 0 saturated carbocycles. The van der Waals surface area contributed by atoms with Crippen molar-refractivity contribution in [1.82, 2.24) is 9.97 Å². The van der Waals surface area contributed by atoms with Crippen LogP contribution in [0.2, 0.25) is 5.02 Å². The molecule has 0 radical (unpaired) electrons. The van der Waals surface area contributed by atoms with Crippen molar-refractivity contribution < 1.29 is 4.74 Å². The van der Waals surface area contributed by atoms with E-state index < -0.39 is 0 Å². The fraction of sp³-hybridized carbons (Fsp3) is 0.375. The normalized spacial score (nSPS) is 17.9. The molecule has 5 heteroatoms. The van der Waals surface area contributed by atoms with Crippen LogP contribution in [0.4, 0.5) is 5.82 Å². The molecule has 0 bridgehead atoms. The molecule has 0 amide bonds. The Balaban J connectivity index is 1.58. The van der Waals surface area contributed by atoms with Gasteiger partial charge in [-0.15, -0.1) is 0 Å². The molecule has 1 atom stereocenters. The summed E-state index contributed by atoms with van der Waals surface area (Å²) >= 11 is 6.15. The lowest BCUT2D eigenvalue weighted by atomic mass is 10.1. The van der Waals surface area contributed by atoms with Gasteiger partial charge >= 0.3 is 0 Å². The zero-order valence-corrected chi connectivity index (χ0v) is 12.5. The number of rotatable bonds is 5. The van der Waals surface area contributed by atoms with E-state index >= 15 is 0 Å². The minimum absolute atomic E-state index is 0.400. The van der Waals surface area contributed by atoms with Crippen LogP contribution < -0.4 is 5.32 Å². The first-order valence-corrected chi connectivity index (χ1v) is 7.57. The van der Waals surface area contributed by atoms with Crippen LogP contribution in [0.5, 0.6) is 0 Å². The van der Waals surface area contributed by atoms with Gasteiger partial charge in [-0.1, -0.05) is 29.8 Å². The largest absolute Gasteiger partial charge is 0.381 e. The van der Waals surface area contributed by atoms with Crippen molar-refractivity contribution >= 4 is 17.4 Å². The number of hydrogen-bond acceptors (Lipinski definition) is 4. The van der Waals surface area contributed by atoms with E-state index in [1.165, 1.54) is 0 Å². The van der Waals surface area contributed by atoms with Crippen molar-refractivity contribution in [2.45, 2.75) is 18.8 Å². The van der Waals surface area contributed by atoms with Gasteiger partial charge in [0.25, 0.3) is 0 Å². The van der Waals surface area contributed by atoms with Gasteiger partial charge in [0, 0.05) is 30.2 Å². The molecule has 0 aliphatic carbocycles. The minimum Gasteiger partial charge on any atom is -0.381 e. The van der Waals surface area contributed by atoms with Crippen LogP contribution in [0.3, 0.4) is 0 Å². The van der Waals surface area contributed by atoms with E-state index in [-0.39, 0.29) is 0 Å². The minimum atomic E-state index is 0.400. The van der Waals surface area contributed by atoms with E-state index in [0.717, 1.165) is 54.7 Å². The lowest BCUT2D eigenvalue weighted by Crippen LogP contribution is -2.09. The lowest BCUT2D eigenvalue weighted by molar-refractivity contribution is 0.193. The summed E-state index contributed by atoms with van der Waals surface area (Å²) in [5, 5.41) is 4.14. The summed E-state index contributed by atoms with van der Waals surface area (Å²) in [5.74, 6) is 1.26. The maximum absolute atomic E-state index is 6.15. The number of nitrogens with one attached hydrogen (secondary N) is 1. The van der Waals surface area contributed by atoms with Crippen LogP contribution in [0.15, 0.2) is 36.7 Å². The average Bonchev–Trinajstić information content (AvgIpc) is 3.04. The molecule has 3 rings (SSSR count). The van der Waals surface area contributed by atoms with Crippen LogP contribution in [0.1, 0.15) is 23.6 Å². The van der Waals surface area contributed by atoms with Gasteiger partial charge in [-0.25, -0.2) is 9.97 Å². The Morgan fingerprint density at radius 3 is 3.00 bits per heavy atom. The second-order valence-corrected chi connectivity index (χ2v) is 5.56. The molecule has 1 aromatic heterocycles. The maximum Gasteiger partial charge on any atom is 0.129 e. The average molecular weight is 304 g/mol. The predicted octanol–water partition coefficient (Wildman–Crippen LogP) is 3.29. The van der Waals surface area contributed by atoms with E-state index in [9.17, 15) is 0 Å². The molecule has 1 aliphatic rings. The summed E-state index contributed by atoms with van der Waals surface area (Å²) in [5.41, 5.74) is 2.20. The number of hydrogen-bond donors (Lipinski definition) is 1. The first-order valence-electron chi connectivity index (χ1n) is 7.20. The van der Waals surface area contributed by atoms with Crippen LogP contribution in [0.25, 0.3) is 0 Å². The molecule has 21 heavy (non-hydrogen) atoms. The van der Waals surface area contributed by atoms with E-state index in [0.29, 0.717) is 5.92 Å². The van der Waals surface area contributed by atoms with Gasteiger partial charge in [0.2, 0.25) is 0 Å². The van der Waals surface area contributed by atoms with Crippen LogP contribution in [-0.4, -0.2) is 29.7 Å². The van der Waals surface area contributed by atoms with Crippen LogP contribution in [0, 0.1) is 0 Å². The Hall–Kier alpha value is -1.65. The van der Waals surface area contributed by atoms with E-state index in [1.54, 1.807) is 6.33 Å². The van der Waals surface area contributed by atoms with Gasteiger partial charge < -0.3 is 10.1 Å². The summed E-state index contributed by atoms with van der Waals surface area (Å²) in [6, 6.07) is 9.93. The van der Waals surface area contributed by atoms with Crippen molar-refractivity contribution in [3.63, 3.8) is 0 Å². The molecule has 1 N–H and O–H groups in total. The summed E-state index contributed by atoms with van der Waals surface area (Å²) in [4.78, 5) is 8.62.